The van der Waals surface area contributed by atoms with Crippen LogP contribution >= 0.6 is 0 Å². The first-order valence-electron chi connectivity index (χ1n) is 7.30. The first-order valence-corrected chi connectivity index (χ1v) is 7.30. The molecule has 0 bridgehead atoms. The van der Waals surface area contributed by atoms with Crippen LogP contribution in [0, 0.1) is 5.92 Å². The Morgan fingerprint density at radius 2 is 2.08 bits per heavy atom. The number of ether oxygens (including phenoxy) is 1. The van der Waals surface area contributed by atoms with Gasteiger partial charge in [-0.2, -0.15) is 0 Å². The highest BCUT2D eigenvalue weighted by Crippen LogP contribution is 2.45. The minimum atomic E-state index is -2.98. The second-order valence-electron chi connectivity index (χ2n) is 5.77. The van der Waals surface area contributed by atoms with Crippen molar-refractivity contribution in [1.29, 1.82) is 0 Å². The van der Waals surface area contributed by atoms with Crippen LogP contribution in [0.15, 0.2) is 34.5 Å². The average Bonchev–Trinajstić information content (AvgIpc) is 3.23. The SMILES string of the molecule is CC1=CC(N)=C(N2COC(C3CC3)=C2C(N)=O)CC1(F)F.O=CO. The van der Waals surface area contributed by atoms with Crippen molar-refractivity contribution >= 4 is 12.4 Å². The number of carboxylic acid groups (broad SMARTS) is 1. The lowest BCUT2D eigenvalue weighted by Gasteiger charge is -2.30. The van der Waals surface area contributed by atoms with Crippen molar-refractivity contribution in [2.45, 2.75) is 32.1 Å². The molecule has 132 valence electrons. The maximum Gasteiger partial charge on any atom is 0.290 e. The Morgan fingerprint density at radius 1 is 1.50 bits per heavy atom. The lowest BCUT2D eigenvalue weighted by atomic mass is 9.96. The van der Waals surface area contributed by atoms with Gasteiger partial charge < -0.3 is 26.2 Å². The Hall–Kier alpha value is -2.58. The smallest absolute Gasteiger partial charge is 0.290 e. The Bertz CT molecular complexity index is 651. The van der Waals surface area contributed by atoms with E-state index < -0.39 is 18.3 Å². The van der Waals surface area contributed by atoms with E-state index in [1.54, 1.807) is 0 Å². The second kappa shape index (κ2) is 6.50. The highest BCUT2D eigenvalue weighted by molar-refractivity contribution is 5.92. The van der Waals surface area contributed by atoms with Gasteiger partial charge in [-0.25, -0.2) is 8.78 Å². The number of allylic oxidation sites excluding steroid dienone is 4. The molecule has 0 radical (unpaired) electrons. The zero-order valence-electron chi connectivity index (χ0n) is 13.1. The monoisotopic (exact) mass is 343 g/mol. The predicted molar refractivity (Wildman–Crippen MR) is 80.0 cm³/mol. The quantitative estimate of drug-likeness (QED) is 0.663. The van der Waals surface area contributed by atoms with E-state index in [1.165, 1.54) is 17.9 Å². The summed E-state index contributed by atoms with van der Waals surface area (Å²) in [6.45, 7) is 1.09. The molecule has 0 aromatic rings. The van der Waals surface area contributed by atoms with Crippen LogP contribution in [0.2, 0.25) is 0 Å². The third kappa shape index (κ3) is 3.34. The van der Waals surface area contributed by atoms with Gasteiger partial charge in [0.1, 0.15) is 11.5 Å². The number of alkyl halides is 2. The van der Waals surface area contributed by atoms with Gasteiger partial charge in [0.15, 0.2) is 6.73 Å². The zero-order chi connectivity index (χ0) is 18.1. The maximum absolute atomic E-state index is 13.9. The van der Waals surface area contributed by atoms with Crippen LogP contribution in [0.5, 0.6) is 0 Å². The fourth-order valence-corrected chi connectivity index (χ4v) is 2.65. The molecule has 7 nitrogen and oxygen atoms in total. The molecule has 1 saturated carbocycles. The van der Waals surface area contributed by atoms with E-state index in [0.717, 1.165) is 12.8 Å². The van der Waals surface area contributed by atoms with Crippen molar-refractivity contribution < 1.29 is 28.2 Å². The molecule has 0 unspecified atom stereocenters. The Labute approximate surface area is 137 Å². The molecule has 9 heteroatoms. The molecule has 5 N–H and O–H groups in total. The average molecular weight is 343 g/mol. The summed E-state index contributed by atoms with van der Waals surface area (Å²) in [5.74, 6) is -2.98. The van der Waals surface area contributed by atoms with Gasteiger partial charge in [0, 0.05) is 5.92 Å². The van der Waals surface area contributed by atoms with E-state index in [9.17, 15) is 13.6 Å². The zero-order valence-corrected chi connectivity index (χ0v) is 13.1. The summed E-state index contributed by atoms with van der Waals surface area (Å²) in [5.41, 5.74) is 11.8. The number of carbonyl (C=O) groups is 2. The van der Waals surface area contributed by atoms with Gasteiger partial charge in [-0.3, -0.25) is 9.59 Å². The number of nitrogens with two attached hydrogens (primary N) is 2. The summed E-state index contributed by atoms with van der Waals surface area (Å²) in [6, 6.07) is 0. The fraction of sp³-hybridized carbons (Fsp3) is 0.467. The van der Waals surface area contributed by atoms with Crippen LogP contribution in [-0.2, 0) is 14.3 Å². The molecule has 0 atom stereocenters. The van der Waals surface area contributed by atoms with Crippen LogP contribution < -0.4 is 11.5 Å². The molecule has 0 saturated heterocycles. The van der Waals surface area contributed by atoms with Crippen molar-refractivity contribution in [2.75, 3.05) is 6.73 Å². The Balaban J connectivity index is 0.000000647. The molecule has 2 aliphatic carbocycles. The van der Waals surface area contributed by atoms with Crippen molar-refractivity contribution in [3.63, 3.8) is 0 Å². The fourth-order valence-electron chi connectivity index (χ4n) is 2.65. The van der Waals surface area contributed by atoms with Gasteiger partial charge >= 0.3 is 0 Å². The lowest BCUT2D eigenvalue weighted by molar-refractivity contribution is -0.123. The summed E-state index contributed by atoms with van der Waals surface area (Å²) in [5, 5.41) is 6.89. The number of nitrogens with zero attached hydrogens (tertiary/aromatic N) is 1. The minimum absolute atomic E-state index is 0.00308. The number of halogens is 2. The van der Waals surface area contributed by atoms with E-state index in [1.807, 2.05) is 0 Å². The molecular formula is C15H19F2N3O4. The highest BCUT2D eigenvalue weighted by atomic mass is 19.3. The topological polar surface area (TPSA) is 119 Å². The van der Waals surface area contributed by atoms with Gasteiger partial charge in [0.05, 0.1) is 17.8 Å². The maximum atomic E-state index is 13.9. The van der Waals surface area contributed by atoms with Crippen LogP contribution in [0.1, 0.15) is 26.2 Å². The summed E-state index contributed by atoms with van der Waals surface area (Å²) in [4.78, 5) is 21.5. The van der Waals surface area contributed by atoms with Crippen LogP contribution in [-0.4, -0.2) is 35.0 Å². The molecule has 24 heavy (non-hydrogen) atoms. The van der Waals surface area contributed by atoms with Gasteiger partial charge in [-0.1, -0.05) is 0 Å². The van der Waals surface area contributed by atoms with Crippen LogP contribution in [0.3, 0.4) is 0 Å². The molecule has 1 heterocycles. The molecule has 1 amide bonds. The second-order valence-corrected chi connectivity index (χ2v) is 5.77. The Morgan fingerprint density at radius 3 is 2.58 bits per heavy atom. The third-order valence-electron chi connectivity index (χ3n) is 4.03. The van der Waals surface area contributed by atoms with Crippen molar-refractivity contribution in [3.05, 3.63) is 34.5 Å². The van der Waals surface area contributed by atoms with Crippen molar-refractivity contribution in [2.24, 2.45) is 17.4 Å². The van der Waals surface area contributed by atoms with E-state index in [-0.39, 0.29) is 41.8 Å². The molecule has 1 aliphatic heterocycles. The number of carbonyl (C=O) groups excluding carboxylic acids is 1. The normalized spacial score (nSPS) is 22.5. The first kappa shape index (κ1) is 17.8. The predicted octanol–water partition coefficient (Wildman–Crippen LogP) is 1.24. The lowest BCUT2D eigenvalue weighted by Crippen LogP contribution is -2.35. The number of primary amides is 1. The summed E-state index contributed by atoms with van der Waals surface area (Å²) in [6.07, 6.45) is 2.53. The highest BCUT2D eigenvalue weighted by Gasteiger charge is 2.44. The van der Waals surface area contributed by atoms with Gasteiger partial charge in [0.2, 0.25) is 0 Å². The molecule has 0 spiro atoms. The van der Waals surface area contributed by atoms with Gasteiger partial charge in [-0.15, -0.1) is 0 Å². The van der Waals surface area contributed by atoms with Crippen molar-refractivity contribution in [1.82, 2.24) is 4.90 Å². The molecule has 1 fully saturated rings. The van der Waals surface area contributed by atoms with E-state index in [0.29, 0.717) is 5.76 Å². The third-order valence-corrected chi connectivity index (χ3v) is 4.03. The molecular weight excluding hydrogens is 324 g/mol. The van der Waals surface area contributed by atoms with Crippen molar-refractivity contribution in [3.8, 4) is 0 Å². The minimum Gasteiger partial charge on any atom is -0.483 e. The standard InChI is InChI=1S/C14H17F2N3O2.CH2O2/c1-7-4-9(17)10(5-14(7,15)16)19-6-21-12(8-2-3-8)11(19)13(18)20;2-1-3/h4,8H,2-3,5-6,17H2,1H3,(H2,18,20);1H,(H,2,3). The number of rotatable bonds is 3. The first-order chi connectivity index (χ1) is 11.2. The summed E-state index contributed by atoms with van der Waals surface area (Å²) >= 11 is 0. The van der Waals surface area contributed by atoms with Crippen LogP contribution in [0.25, 0.3) is 0 Å². The molecule has 0 aromatic carbocycles. The molecule has 0 aromatic heterocycles. The van der Waals surface area contributed by atoms with E-state index >= 15 is 0 Å². The summed E-state index contributed by atoms with van der Waals surface area (Å²) in [7, 11) is 0. The van der Waals surface area contributed by atoms with Gasteiger partial charge in [0.25, 0.3) is 18.3 Å². The number of amides is 1. The summed E-state index contributed by atoms with van der Waals surface area (Å²) < 4.78 is 33.3. The molecule has 3 rings (SSSR count). The van der Waals surface area contributed by atoms with Crippen LogP contribution in [0.4, 0.5) is 8.78 Å². The largest absolute Gasteiger partial charge is 0.483 e. The number of hydrogen-bond acceptors (Lipinski definition) is 5. The molecule has 3 aliphatic rings. The number of hydrogen-bond donors (Lipinski definition) is 3. The van der Waals surface area contributed by atoms with Gasteiger partial charge in [-0.05, 0) is 31.4 Å². The Kier molecular flexibility index (Phi) is 4.81. The van der Waals surface area contributed by atoms with E-state index in [2.05, 4.69) is 0 Å². The van der Waals surface area contributed by atoms with E-state index in [4.69, 9.17) is 26.1 Å².